The molecule has 10 rings (SSSR count). The predicted molar refractivity (Wildman–Crippen MR) is 185 cm³/mol. The Kier molecular flexibility index (Phi) is 5.06. The van der Waals surface area contributed by atoms with Crippen LogP contribution >= 0.6 is 0 Å². The lowest BCUT2D eigenvalue weighted by Crippen LogP contribution is -2.00. The third-order valence-electron chi connectivity index (χ3n) is 9.47. The summed E-state index contributed by atoms with van der Waals surface area (Å²) in [6.45, 7) is 0. The van der Waals surface area contributed by atoms with Crippen molar-refractivity contribution in [1.29, 1.82) is 0 Å². The first-order valence-corrected chi connectivity index (χ1v) is 15.4. The van der Waals surface area contributed by atoms with Gasteiger partial charge in [-0.15, -0.1) is 0 Å². The second-order valence-corrected chi connectivity index (χ2v) is 11.9. The summed E-state index contributed by atoms with van der Waals surface area (Å²) in [5, 5.41) is 4.80. The lowest BCUT2D eigenvalue weighted by atomic mass is 9.93. The average molecular weight is 575 g/mol. The van der Waals surface area contributed by atoms with Crippen molar-refractivity contribution >= 4 is 43.7 Å². The molecule has 3 heteroatoms. The molecule has 0 aliphatic heterocycles. The van der Waals surface area contributed by atoms with Crippen LogP contribution in [0.3, 0.4) is 0 Å². The molecule has 210 valence electrons. The maximum atomic E-state index is 6.38. The van der Waals surface area contributed by atoms with Crippen molar-refractivity contribution in [3.8, 4) is 39.2 Å². The fraction of sp³-hybridized carbons (Fsp3) is 0.0238. The number of pyridine rings is 1. The largest absolute Gasteiger partial charge is 0.455 e. The third kappa shape index (κ3) is 3.55. The van der Waals surface area contributed by atoms with E-state index >= 15 is 0 Å². The molecule has 6 aromatic carbocycles. The van der Waals surface area contributed by atoms with Crippen molar-refractivity contribution in [2.24, 2.45) is 0 Å². The van der Waals surface area contributed by atoms with Crippen LogP contribution in [-0.2, 0) is 6.42 Å². The molecule has 1 aliphatic rings. The Balaban J connectivity index is 1.08. The summed E-state index contributed by atoms with van der Waals surface area (Å²) in [6.07, 6.45) is 0.801. The van der Waals surface area contributed by atoms with Crippen molar-refractivity contribution in [3.05, 3.63) is 157 Å². The second kappa shape index (κ2) is 9.28. The van der Waals surface area contributed by atoms with Gasteiger partial charge in [-0.1, -0.05) is 109 Å². The van der Waals surface area contributed by atoms with Crippen LogP contribution in [-0.4, -0.2) is 9.55 Å². The van der Waals surface area contributed by atoms with Crippen molar-refractivity contribution in [1.82, 2.24) is 9.55 Å². The summed E-state index contributed by atoms with van der Waals surface area (Å²) in [5.41, 5.74) is 13.9. The Labute approximate surface area is 259 Å². The second-order valence-electron chi connectivity index (χ2n) is 11.9. The first-order chi connectivity index (χ1) is 22.3. The lowest BCUT2D eigenvalue weighted by molar-refractivity contribution is 0.670. The molecule has 9 aromatic rings. The Hall–Kier alpha value is -5.93. The van der Waals surface area contributed by atoms with E-state index in [-0.39, 0.29) is 0 Å². The zero-order valence-electron chi connectivity index (χ0n) is 24.4. The maximum Gasteiger partial charge on any atom is 0.143 e. The molecule has 3 heterocycles. The summed E-state index contributed by atoms with van der Waals surface area (Å²) in [4.78, 5) is 5.32. The minimum atomic E-state index is 0.801. The molecule has 0 atom stereocenters. The zero-order valence-corrected chi connectivity index (χ0v) is 24.4. The van der Waals surface area contributed by atoms with Crippen LogP contribution in [0.15, 0.2) is 150 Å². The third-order valence-corrected chi connectivity index (χ3v) is 9.47. The molecule has 0 unspecified atom stereocenters. The van der Waals surface area contributed by atoms with Gasteiger partial charge < -0.3 is 4.42 Å². The zero-order chi connectivity index (χ0) is 29.5. The number of para-hydroxylation sites is 4. The van der Waals surface area contributed by atoms with Crippen LogP contribution in [0.4, 0.5) is 0 Å². The van der Waals surface area contributed by atoms with Gasteiger partial charge >= 0.3 is 0 Å². The number of hydrogen-bond donors (Lipinski definition) is 0. The highest BCUT2D eigenvalue weighted by atomic mass is 16.3. The molecule has 0 N–H and O–H groups in total. The van der Waals surface area contributed by atoms with E-state index in [1.54, 1.807) is 0 Å². The monoisotopic (exact) mass is 574 g/mol. The highest BCUT2D eigenvalue weighted by Crippen LogP contribution is 2.43. The fourth-order valence-corrected chi connectivity index (χ4v) is 7.46. The molecule has 0 bridgehead atoms. The number of nitrogens with zero attached hydrogens (tertiary/aromatic N) is 2. The Bertz CT molecular complexity index is 2580. The highest BCUT2D eigenvalue weighted by Gasteiger charge is 2.24. The van der Waals surface area contributed by atoms with Crippen LogP contribution < -0.4 is 0 Å². The molecule has 0 fully saturated rings. The molecule has 3 aromatic heterocycles. The first-order valence-electron chi connectivity index (χ1n) is 15.4. The lowest BCUT2D eigenvalue weighted by Gasteiger charge is -2.11. The average Bonchev–Trinajstić information content (AvgIpc) is 3.77. The molecule has 0 radical (unpaired) electrons. The highest BCUT2D eigenvalue weighted by molar-refractivity contribution is 6.10. The van der Waals surface area contributed by atoms with Gasteiger partial charge in [-0.25, -0.2) is 4.98 Å². The van der Waals surface area contributed by atoms with Crippen LogP contribution in [0.2, 0.25) is 0 Å². The number of furan rings is 1. The first kappa shape index (κ1) is 24.5. The van der Waals surface area contributed by atoms with Gasteiger partial charge in [0.2, 0.25) is 0 Å². The van der Waals surface area contributed by atoms with Gasteiger partial charge in [-0.05, 0) is 64.2 Å². The van der Waals surface area contributed by atoms with Crippen molar-refractivity contribution in [2.45, 2.75) is 6.42 Å². The molecule has 45 heavy (non-hydrogen) atoms. The quantitative estimate of drug-likeness (QED) is 0.210. The topological polar surface area (TPSA) is 31.0 Å². The molecular weight excluding hydrogens is 548 g/mol. The molecule has 0 saturated carbocycles. The molecular formula is C42H26N2O. The summed E-state index contributed by atoms with van der Waals surface area (Å²) in [7, 11) is 0. The summed E-state index contributed by atoms with van der Waals surface area (Å²) in [5.74, 6) is 0.960. The van der Waals surface area contributed by atoms with Crippen molar-refractivity contribution in [2.75, 3.05) is 0 Å². The van der Waals surface area contributed by atoms with Crippen molar-refractivity contribution in [3.63, 3.8) is 0 Å². The molecule has 3 nitrogen and oxygen atoms in total. The Morgan fingerprint density at radius 3 is 1.93 bits per heavy atom. The van der Waals surface area contributed by atoms with Crippen LogP contribution in [0.5, 0.6) is 0 Å². The molecule has 0 amide bonds. The van der Waals surface area contributed by atoms with E-state index < -0.39 is 0 Å². The van der Waals surface area contributed by atoms with Gasteiger partial charge in [0.15, 0.2) is 0 Å². The minimum Gasteiger partial charge on any atom is -0.455 e. The van der Waals surface area contributed by atoms with E-state index in [0.717, 1.165) is 51.0 Å². The summed E-state index contributed by atoms with van der Waals surface area (Å²) < 4.78 is 8.69. The van der Waals surface area contributed by atoms with Crippen LogP contribution in [0, 0.1) is 0 Å². The number of rotatable bonds is 3. The molecule has 1 aliphatic carbocycles. The maximum absolute atomic E-state index is 6.38. The summed E-state index contributed by atoms with van der Waals surface area (Å²) >= 11 is 0. The Morgan fingerprint density at radius 1 is 0.489 bits per heavy atom. The SMILES string of the molecule is c1cc(-c2cccc3c2Cc2nc(-n4c5ccccc5c5ccccc54)ccc2-3)cc(-c2cccc3c2oc2ccccc23)c1. The van der Waals surface area contributed by atoms with E-state index in [4.69, 9.17) is 9.40 Å². The number of aromatic nitrogens is 2. The van der Waals surface area contributed by atoms with E-state index in [0.29, 0.717) is 0 Å². The van der Waals surface area contributed by atoms with E-state index in [1.807, 2.05) is 12.1 Å². The van der Waals surface area contributed by atoms with Gasteiger partial charge in [0.1, 0.15) is 17.0 Å². The normalized spacial score (nSPS) is 12.4. The van der Waals surface area contributed by atoms with Crippen LogP contribution in [0.25, 0.3) is 82.9 Å². The minimum absolute atomic E-state index is 0.801. The number of benzene rings is 6. The van der Waals surface area contributed by atoms with E-state index in [2.05, 4.69) is 138 Å². The van der Waals surface area contributed by atoms with E-state index in [9.17, 15) is 0 Å². The van der Waals surface area contributed by atoms with Crippen LogP contribution in [0.1, 0.15) is 11.3 Å². The van der Waals surface area contributed by atoms with Gasteiger partial charge in [0.05, 0.1) is 16.7 Å². The standard InChI is InChI=1S/C42H26N2O/c1-4-19-38-32(12-1)33-13-2-5-20-39(33)44(38)41-23-22-31-30-17-8-15-28(36(30)25-37(31)43-41)26-10-7-11-27(24-26)29-16-9-18-35-34-14-3-6-21-40(34)45-42(29)35/h1-24H,25H2. The van der Waals surface area contributed by atoms with Gasteiger partial charge in [0.25, 0.3) is 0 Å². The predicted octanol–water partition coefficient (Wildman–Crippen LogP) is 11.0. The van der Waals surface area contributed by atoms with Crippen molar-refractivity contribution < 1.29 is 4.42 Å². The summed E-state index contributed by atoms with van der Waals surface area (Å²) in [6, 6.07) is 51.9. The van der Waals surface area contributed by atoms with Gasteiger partial charge in [-0.3, -0.25) is 4.57 Å². The smallest absolute Gasteiger partial charge is 0.143 e. The Morgan fingerprint density at radius 2 is 1.11 bits per heavy atom. The number of fused-ring (bicyclic) bond motifs is 9. The molecule has 0 spiro atoms. The molecule has 0 saturated heterocycles. The van der Waals surface area contributed by atoms with E-state index in [1.165, 1.54) is 49.6 Å². The number of hydrogen-bond acceptors (Lipinski definition) is 2. The van der Waals surface area contributed by atoms with Gasteiger partial charge in [0, 0.05) is 39.1 Å². The van der Waals surface area contributed by atoms with Gasteiger partial charge in [-0.2, -0.15) is 0 Å². The fourth-order valence-electron chi connectivity index (χ4n) is 7.46.